The summed E-state index contributed by atoms with van der Waals surface area (Å²) < 4.78 is 52.5. The lowest BCUT2D eigenvalue weighted by Crippen LogP contribution is -2.29. The van der Waals surface area contributed by atoms with Crippen LogP contribution in [0.4, 0.5) is 10.1 Å². The number of carbonyl (C=O) groups is 1. The fourth-order valence-corrected chi connectivity index (χ4v) is 5.31. The number of fused-ring (bicyclic) bond motifs is 1. The highest BCUT2D eigenvalue weighted by molar-refractivity contribution is 7.92. The van der Waals surface area contributed by atoms with E-state index in [-0.39, 0.29) is 12.3 Å². The van der Waals surface area contributed by atoms with Crippen molar-refractivity contribution in [1.82, 2.24) is 0 Å². The molecule has 0 radical (unpaired) electrons. The average molecular weight is 530 g/mol. The van der Waals surface area contributed by atoms with Crippen LogP contribution in [-0.4, -0.2) is 28.1 Å². The second-order valence-corrected chi connectivity index (χ2v) is 10.7. The molecular weight excluding hydrogens is 505 g/mol. The Balaban J connectivity index is 1.74. The molecule has 0 atom stereocenters. The van der Waals surface area contributed by atoms with Gasteiger partial charge in [0.2, 0.25) is 10.0 Å². The van der Waals surface area contributed by atoms with Gasteiger partial charge in [-0.05, 0) is 53.6 Å². The molecule has 1 aromatic heterocycles. The summed E-state index contributed by atoms with van der Waals surface area (Å²) in [6, 6.07) is 25.6. The van der Waals surface area contributed by atoms with E-state index in [1.54, 1.807) is 31.4 Å². The van der Waals surface area contributed by atoms with Crippen LogP contribution in [0.5, 0.6) is 5.75 Å². The maximum Gasteiger partial charge on any atom is 0.232 e. The van der Waals surface area contributed by atoms with E-state index < -0.39 is 15.8 Å². The molecule has 5 aromatic rings. The van der Waals surface area contributed by atoms with Crippen LogP contribution in [0.3, 0.4) is 0 Å². The Morgan fingerprint density at radius 3 is 2.21 bits per heavy atom. The first-order valence-electron chi connectivity index (χ1n) is 11.8. The van der Waals surface area contributed by atoms with E-state index in [1.165, 1.54) is 28.6 Å². The molecule has 0 aliphatic carbocycles. The lowest BCUT2D eigenvalue weighted by Gasteiger charge is -2.25. The highest BCUT2D eigenvalue weighted by atomic mass is 32.2. The standard InChI is InChI=1S/C30H24FNO5S/c1-36-24-14-8-20(9-15-24)18-32(38(2,34)35)28-17-29-26(16-25(28)21-6-4-3-5-7-21)27(19-33)30(37-29)22-10-12-23(31)13-11-22/h3-17,19H,18H2,1-2H3. The van der Waals surface area contributed by atoms with Crippen molar-refractivity contribution in [2.45, 2.75) is 6.54 Å². The van der Waals surface area contributed by atoms with Gasteiger partial charge in [0.05, 0.1) is 31.2 Å². The minimum absolute atomic E-state index is 0.0697. The molecular formula is C30H24FNO5S. The number of hydrogen-bond donors (Lipinski definition) is 0. The summed E-state index contributed by atoms with van der Waals surface area (Å²) in [5.74, 6) is 0.539. The zero-order valence-corrected chi connectivity index (χ0v) is 21.5. The Morgan fingerprint density at radius 2 is 1.61 bits per heavy atom. The van der Waals surface area contributed by atoms with Crippen LogP contribution in [0.25, 0.3) is 33.4 Å². The molecule has 5 rings (SSSR count). The number of aldehydes is 1. The zero-order valence-electron chi connectivity index (χ0n) is 20.7. The largest absolute Gasteiger partial charge is 0.497 e. The molecule has 0 amide bonds. The highest BCUT2D eigenvalue weighted by Crippen LogP contribution is 2.41. The van der Waals surface area contributed by atoms with Gasteiger partial charge in [0.1, 0.15) is 22.9 Å². The molecule has 192 valence electrons. The first-order valence-corrected chi connectivity index (χ1v) is 13.6. The van der Waals surface area contributed by atoms with Crippen molar-refractivity contribution < 1.29 is 26.8 Å². The summed E-state index contributed by atoms with van der Waals surface area (Å²) in [5.41, 5.74) is 3.72. The van der Waals surface area contributed by atoms with Crippen LogP contribution in [0, 0.1) is 5.82 Å². The number of sulfonamides is 1. The number of benzene rings is 4. The number of rotatable bonds is 8. The third kappa shape index (κ3) is 4.90. The number of anilines is 1. The lowest BCUT2D eigenvalue weighted by atomic mass is 9.99. The molecule has 1 heterocycles. The third-order valence-electron chi connectivity index (χ3n) is 6.31. The quantitative estimate of drug-likeness (QED) is 0.209. The van der Waals surface area contributed by atoms with Crippen LogP contribution in [-0.2, 0) is 16.6 Å². The van der Waals surface area contributed by atoms with Crippen molar-refractivity contribution in [2.24, 2.45) is 0 Å². The SMILES string of the molecule is COc1ccc(CN(c2cc3oc(-c4ccc(F)cc4)c(C=O)c3cc2-c2ccccc2)S(C)(=O)=O)cc1. The van der Waals surface area contributed by atoms with Gasteiger partial charge in [0.25, 0.3) is 0 Å². The summed E-state index contributed by atoms with van der Waals surface area (Å²) in [7, 11) is -2.18. The van der Waals surface area contributed by atoms with Gasteiger partial charge in [-0.15, -0.1) is 0 Å². The number of furan rings is 1. The molecule has 0 aliphatic rings. The smallest absolute Gasteiger partial charge is 0.232 e. The summed E-state index contributed by atoms with van der Waals surface area (Å²) in [4.78, 5) is 12.2. The van der Waals surface area contributed by atoms with Gasteiger partial charge in [-0.25, -0.2) is 12.8 Å². The average Bonchev–Trinajstić information content (AvgIpc) is 3.29. The van der Waals surface area contributed by atoms with Crippen molar-refractivity contribution in [3.8, 4) is 28.2 Å². The van der Waals surface area contributed by atoms with Crippen molar-refractivity contribution in [1.29, 1.82) is 0 Å². The van der Waals surface area contributed by atoms with E-state index >= 15 is 0 Å². The molecule has 6 nitrogen and oxygen atoms in total. The molecule has 0 fully saturated rings. The van der Waals surface area contributed by atoms with Crippen LogP contribution in [0.15, 0.2) is 95.4 Å². The predicted molar refractivity (Wildman–Crippen MR) is 146 cm³/mol. The number of nitrogens with zero attached hydrogens (tertiary/aromatic N) is 1. The molecule has 0 saturated heterocycles. The topological polar surface area (TPSA) is 76.8 Å². The van der Waals surface area contributed by atoms with Gasteiger partial charge in [0.15, 0.2) is 6.29 Å². The summed E-state index contributed by atoms with van der Waals surface area (Å²) in [6.45, 7) is 0.0697. The van der Waals surface area contributed by atoms with Gasteiger partial charge in [-0.2, -0.15) is 0 Å². The fraction of sp³-hybridized carbons (Fsp3) is 0.100. The maximum absolute atomic E-state index is 13.5. The normalized spacial score (nSPS) is 11.4. The molecule has 8 heteroatoms. The van der Waals surface area contributed by atoms with Crippen LogP contribution in [0.1, 0.15) is 15.9 Å². The van der Waals surface area contributed by atoms with Gasteiger partial charge in [0, 0.05) is 22.6 Å². The van der Waals surface area contributed by atoms with Crippen LogP contribution in [0.2, 0.25) is 0 Å². The Labute approximate surface area is 219 Å². The molecule has 0 saturated carbocycles. The monoisotopic (exact) mass is 529 g/mol. The van der Waals surface area contributed by atoms with Gasteiger partial charge in [-0.3, -0.25) is 9.10 Å². The molecule has 0 unspecified atom stereocenters. The predicted octanol–water partition coefficient (Wildman–Crippen LogP) is 6.69. The van der Waals surface area contributed by atoms with E-state index in [1.807, 2.05) is 42.5 Å². The van der Waals surface area contributed by atoms with Gasteiger partial charge in [-0.1, -0.05) is 42.5 Å². The number of halogens is 1. The Morgan fingerprint density at radius 1 is 0.921 bits per heavy atom. The highest BCUT2D eigenvalue weighted by Gasteiger charge is 2.25. The van der Waals surface area contributed by atoms with Crippen LogP contribution < -0.4 is 9.04 Å². The summed E-state index contributed by atoms with van der Waals surface area (Å²) in [6.07, 6.45) is 1.85. The summed E-state index contributed by atoms with van der Waals surface area (Å²) >= 11 is 0. The second-order valence-electron chi connectivity index (χ2n) is 8.82. The molecule has 4 aromatic carbocycles. The van der Waals surface area contributed by atoms with E-state index in [0.29, 0.717) is 45.4 Å². The Hall–Kier alpha value is -4.43. The lowest BCUT2D eigenvalue weighted by molar-refractivity contribution is 0.112. The van der Waals surface area contributed by atoms with Crippen molar-refractivity contribution in [2.75, 3.05) is 17.7 Å². The van der Waals surface area contributed by atoms with Gasteiger partial charge >= 0.3 is 0 Å². The number of ether oxygens (including phenoxy) is 1. The third-order valence-corrected chi connectivity index (χ3v) is 7.43. The Bertz CT molecular complexity index is 1710. The van der Waals surface area contributed by atoms with Crippen molar-refractivity contribution in [3.05, 3.63) is 108 Å². The van der Waals surface area contributed by atoms with Crippen LogP contribution >= 0.6 is 0 Å². The van der Waals surface area contributed by atoms with E-state index in [4.69, 9.17) is 9.15 Å². The molecule has 0 bridgehead atoms. The molecule has 0 aliphatic heterocycles. The van der Waals surface area contributed by atoms with Crippen molar-refractivity contribution >= 4 is 33.0 Å². The first-order chi connectivity index (χ1) is 18.3. The Kier molecular flexibility index (Phi) is 6.73. The second kappa shape index (κ2) is 10.1. The zero-order chi connectivity index (χ0) is 26.9. The number of hydrogen-bond acceptors (Lipinski definition) is 5. The molecule has 0 N–H and O–H groups in total. The molecule has 38 heavy (non-hydrogen) atoms. The van der Waals surface area contributed by atoms with E-state index in [2.05, 4.69) is 0 Å². The van der Waals surface area contributed by atoms with Crippen molar-refractivity contribution in [3.63, 3.8) is 0 Å². The molecule has 0 spiro atoms. The van der Waals surface area contributed by atoms with E-state index in [9.17, 15) is 17.6 Å². The number of methoxy groups -OCH3 is 1. The minimum Gasteiger partial charge on any atom is -0.497 e. The first kappa shape index (κ1) is 25.2. The maximum atomic E-state index is 13.5. The van der Waals surface area contributed by atoms with E-state index in [0.717, 1.165) is 17.4 Å². The fourth-order valence-electron chi connectivity index (χ4n) is 4.42. The summed E-state index contributed by atoms with van der Waals surface area (Å²) in [5, 5.41) is 0.528. The van der Waals surface area contributed by atoms with Gasteiger partial charge < -0.3 is 9.15 Å². The number of carbonyl (C=O) groups excluding carboxylic acids is 1. The minimum atomic E-state index is -3.75.